The molecular formula is C11H21NO3. The summed E-state index contributed by atoms with van der Waals surface area (Å²) in [6.45, 7) is 6.78. The first-order valence-electron chi connectivity index (χ1n) is 5.63. The van der Waals surface area contributed by atoms with Gasteiger partial charge in [0.2, 0.25) is 5.91 Å². The molecule has 4 nitrogen and oxygen atoms in total. The molecule has 0 unspecified atom stereocenters. The van der Waals surface area contributed by atoms with E-state index in [4.69, 9.17) is 4.74 Å². The van der Waals surface area contributed by atoms with Crippen molar-refractivity contribution in [3.05, 3.63) is 0 Å². The molecule has 1 aliphatic carbocycles. The Balaban J connectivity index is 2.15. The molecule has 1 fully saturated rings. The number of carbonyl (C=O) groups excluding carboxylic acids is 1. The van der Waals surface area contributed by atoms with E-state index in [0.717, 1.165) is 6.42 Å². The number of hydrogen-bond acceptors (Lipinski definition) is 3. The lowest BCUT2D eigenvalue weighted by Crippen LogP contribution is -2.36. The van der Waals surface area contributed by atoms with Gasteiger partial charge in [-0.25, -0.2) is 0 Å². The molecule has 4 heteroatoms. The first-order valence-corrected chi connectivity index (χ1v) is 5.63. The van der Waals surface area contributed by atoms with Crippen LogP contribution in [0.2, 0.25) is 0 Å². The van der Waals surface area contributed by atoms with Gasteiger partial charge >= 0.3 is 0 Å². The van der Waals surface area contributed by atoms with Gasteiger partial charge in [-0.2, -0.15) is 0 Å². The van der Waals surface area contributed by atoms with Crippen LogP contribution in [0.4, 0.5) is 0 Å². The van der Waals surface area contributed by atoms with Gasteiger partial charge in [0, 0.05) is 13.2 Å². The highest BCUT2D eigenvalue weighted by Gasteiger charge is 2.43. The summed E-state index contributed by atoms with van der Waals surface area (Å²) in [5, 5.41) is 12.2. The van der Waals surface area contributed by atoms with E-state index in [1.54, 1.807) is 0 Å². The summed E-state index contributed by atoms with van der Waals surface area (Å²) in [6, 6.07) is 0. The number of amides is 1. The van der Waals surface area contributed by atoms with E-state index < -0.39 is 6.10 Å². The molecule has 0 radical (unpaired) electrons. The van der Waals surface area contributed by atoms with Crippen molar-refractivity contribution in [2.45, 2.75) is 39.4 Å². The van der Waals surface area contributed by atoms with Crippen molar-refractivity contribution in [3.8, 4) is 0 Å². The summed E-state index contributed by atoms with van der Waals surface area (Å²) < 4.78 is 5.32. The van der Waals surface area contributed by atoms with Crippen molar-refractivity contribution >= 4 is 5.91 Å². The van der Waals surface area contributed by atoms with E-state index >= 15 is 0 Å². The molecule has 1 aliphatic rings. The maximum absolute atomic E-state index is 11.5. The van der Waals surface area contributed by atoms with Crippen LogP contribution in [0.5, 0.6) is 0 Å². The average molecular weight is 215 g/mol. The fourth-order valence-electron chi connectivity index (χ4n) is 1.42. The van der Waals surface area contributed by atoms with Crippen molar-refractivity contribution in [2.24, 2.45) is 11.8 Å². The fraction of sp³-hybridized carbons (Fsp3) is 0.909. The Labute approximate surface area is 91.0 Å². The average Bonchev–Trinajstić information content (AvgIpc) is 2.93. The summed E-state index contributed by atoms with van der Waals surface area (Å²) in [5.41, 5.74) is 0. The lowest BCUT2D eigenvalue weighted by molar-refractivity contribution is -0.123. The third-order valence-electron chi connectivity index (χ3n) is 2.70. The molecule has 0 saturated heterocycles. The zero-order valence-corrected chi connectivity index (χ0v) is 9.69. The second kappa shape index (κ2) is 5.47. The Morgan fingerprint density at radius 3 is 2.80 bits per heavy atom. The highest BCUT2D eigenvalue weighted by molar-refractivity contribution is 5.82. The maximum Gasteiger partial charge on any atom is 0.225 e. The molecule has 3 atom stereocenters. The molecule has 0 aliphatic heterocycles. The number of aliphatic hydroxyl groups is 1. The van der Waals surface area contributed by atoms with Crippen LogP contribution in [-0.2, 0) is 9.53 Å². The van der Waals surface area contributed by atoms with E-state index in [-0.39, 0.29) is 23.8 Å². The van der Waals surface area contributed by atoms with Crippen molar-refractivity contribution in [2.75, 3.05) is 13.2 Å². The van der Waals surface area contributed by atoms with Crippen molar-refractivity contribution in [1.29, 1.82) is 0 Å². The third-order valence-corrected chi connectivity index (χ3v) is 2.70. The molecule has 0 spiro atoms. The Morgan fingerprint density at radius 2 is 2.27 bits per heavy atom. The minimum absolute atomic E-state index is 0.00399. The standard InChI is InChI=1S/C11H21NO3/c1-4-15-10-5-8(10)11(14)12-6-9(13)7(2)3/h7-10,13H,4-6H2,1-3H3,(H,12,14)/t8-,9+,10-/m1/s1. The molecule has 1 saturated carbocycles. The van der Waals surface area contributed by atoms with Crippen LogP contribution in [-0.4, -0.2) is 36.4 Å². The number of rotatable bonds is 6. The molecule has 2 N–H and O–H groups in total. The van der Waals surface area contributed by atoms with Gasteiger partial charge < -0.3 is 15.2 Å². The number of nitrogens with one attached hydrogen (secondary N) is 1. The lowest BCUT2D eigenvalue weighted by Gasteiger charge is -2.14. The smallest absolute Gasteiger partial charge is 0.225 e. The Kier molecular flexibility index (Phi) is 4.54. The number of ether oxygens (including phenoxy) is 1. The van der Waals surface area contributed by atoms with Gasteiger partial charge in [0.1, 0.15) is 0 Å². The van der Waals surface area contributed by atoms with E-state index in [9.17, 15) is 9.90 Å². The van der Waals surface area contributed by atoms with Gasteiger partial charge in [0.05, 0.1) is 18.1 Å². The summed E-state index contributed by atoms with van der Waals surface area (Å²) in [5.74, 6) is 0.185. The minimum Gasteiger partial charge on any atom is -0.391 e. The molecule has 0 heterocycles. The summed E-state index contributed by atoms with van der Waals surface area (Å²) in [4.78, 5) is 11.5. The molecule has 1 rings (SSSR count). The molecule has 1 amide bonds. The SMILES string of the molecule is CCO[C@@H]1C[C@H]1C(=O)NC[C@H](O)C(C)C. The first kappa shape index (κ1) is 12.5. The van der Waals surface area contributed by atoms with Crippen LogP contribution in [0, 0.1) is 11.8 Å². The van der Waals surface area contributed by atoms with Gasteiger partial charge in [-0.15, -0.1) is 0 Å². The molecule has 0 aromatic heterocycles. The predicted molar refractivity (Wildman–Crippen MR) is 57.4 cm³/mol. The van der Waals surface area contributed by atoms with E-state index in [0.29, 0.717) is 13.2 Å². The van der Waals surface area contributed by atoms with Crippen LogP contribution in [0.3, 0.4) is 0 Å². The van der Waals surface area contributed by atoms with Gasteiger partial charge in [-0.05, 0) is 19.3 Å². The molecule has 0 bridgehead atoms. The first-order chi connectivity index (χ1) is 7.06. The van der Waals surface area contributed by atoms with Crippen LogP contribution < -0.4 is 5.32 Å². The van der Waals surface area contributed by atoms with Crippen LogP contribution >= 0.6 is 0 Å². The highest BCUT2D eigenvalue weighted by atomic mass is 16.5. The lowest BCUT2D eigenvalue weighted by atomic mass is 10.1. The highest BCUT2D eigenvalue weighted by Crippen LogP contribution is 2.33. The monoisotopic (exact) mass is 215 g/mol. The quantitative estimate of drug-likeness (QED) is 0.680. The topological polar surface area (TPSA) is 58.6 Å². The van der Waals surface area contributed by atoms with E-state index in [1.165, 1.54) is 0 Å². The second-order valence-corrected chi connectivity index (χ2v) is 4.39. The number of carbonyl (C=O) groups is 1. The third kappa shape index (κ3) is 3.80. The zero-order valence-electron chi connectivity index (χ0n) is 9.69. The van der Waals surface area contributed by atoms with Crippen molar-refractivity contribution in [1.82, 2.24) is 5.32 Å². The fourth-order valence-corrected chi connectivity index (χ4v) is 1.42. The van der Waals surface area contributed by atoms with Gasteiger partial charge in [-0.3, -0.25) is 4.79 Å². The largest absolute Gasteiger partial charge is 0.391 e. The number of hydrogen-bond donors (Lipinski definition) is 2. The second-order valence-electron chi connectivity index (χ2n) is 4.39. The van der Waals surface area contributed by atoms with Crippen LogP contribution in [0.1, 0.15) is 27.2 Å². The van der Waals surface area contributed by atoms with Gasteiger partial charge in [-0.1, -0.05) is 13.8 Å². The summed E-state index contributed by atoms with van der Waals surface area (Å²) in [6.07, 6.45) is 0.460. The summed E-state index contributed by atoms with van der Waals surface area (Å²) >= 11 is 0. The zero-order chi connectivity index (χ0) is 11.4. The van der Waals surface area contributed by atoms with Crippen molar-refractivity contribution in [3.63, 3.8) is 0 Å². The Hall–Kier alpha value is -0.610. The van der Waals surface area contributed by atoms with Crippen LogP contribution in [0.25, 0.3) is 0 Å². The van der Waals surface area contributed by atoms with Gasteiger partial charge in [0.15, 0.2) is 0 Å². The van der Waals surface area contributed by atoms with E-state index in [2.05, 4.69) is 5.32 Å². The molecule has 0 aromatic rings. The Bertz CT molecular complexity index is 218. The molecular weight excluding hydrogens is 194 g/mol. The number of aliphatic hydroxyl groups excluding tert-OH is 1. The van der Waals surface area contributed by atoms with E-state index in [1.807, 2.05) is 20.8 Å². The van der Waals surface area contributed by atoms with Crippen LogP contribution in [0.15, 0.2) is 0 Å². The molecule has 0 aromatic carbocycles. The molecule has 15 heavy (non-hydrogen) atoms. The van der Waals surface area contributed by atoms with Crippen molar-refractivity contribution < 1.29 is 14.6 Å². The minimum atomic E-state index is -0.460. The predicted octanol–water partition coefficient (Wildman–Crippen LogP) is 0.544. The Morgan fingerprint density at radius 1 is 1.60 bits per heavy atom. The normalized spacial score (nSPS) is 26.5. The summed E-state index contributed by atoms with van der Waals surface area (Å²) in [7, 11) is 0. The molecule has 88 valence electrons. The van der Waals surface area contributed by atoms with Gasteiger partial charge in [0.25, 0.3) is 0 Å². The maximum atomic E-state index is 11.5.